The van der Waals surface area contributed by atoms with E-state index >= 15 is 0 Å². The second-order valence-corrected chi connectivity index (χ2v) is 6.62. The Morgan fingerprint density at radius 2 is 1.42 bits per heavy atom. The normalized spacial score (nSPS) is 11.3. The molecule has 0 radical (unpaired) electrons. The molecule has 5 heteroatoms. The van der Waals surface area contributed by atoms with Crippen molar-refractivity contribution in [3.8, 4) is 11.5 Å². The zero-order chi connectivity index (χ0) is 17.1. The Hall–Kier alpha value is -1.88. The second kappa shape index (κ2) is 7.34. The van der Waals surface area contributed by atoms with Gasteiger partial charge in [-0.05, 0) is 37.6 Å². The SMILES string of the molecule is CCCCCOc1ccc2c(sc3c(F)c(OCC)ccc32)c1F. The number of ether oxygens (including phenoxy) is 2. The summed E-state index contributed by atoms with van der Waals surface area (Å²) in [7, 11) is 0. The van der Waals surface area contributed by atoms with Crippen molar-refractivity contribution in [3.63, 3.8) is 0 Å². The first-order chi connectivity index (χ1) is 11.7. The summed E-state index contributed by atoms with van der Waals surface area (Å²) in [6.07, 6.45) is 3.04. The number of unbranched alkanes of at least 4 members (excludes halogenated alkanes) is 2. The molecular formula is C19H20F2O2S. The van der Waals surface area contributed by atoms with E-state index in [9.17, 15) is 8.78 Å². The average molecular weight is 350 g/mol. The topological polar surface area (TPSA) is 18.5 Å². The van der Waals surface area contributed by atoms with Crippen LogP contribution in [-0.2, 0) is 0 Å². The molecule has 24 heavy (non-hydrogen) atoms. The summed E-state index contributed by atoms with van der Waals surface area (Å²) >= 11 is 1.10. The van der Waals surface area contributed by atoms with Crippen LogP contribution >= 0.6 is 11.3 Å². The highest BCUT2D eigenvalue weighted by molar-refractivity contribution is 7.25. The summed E-state index contributed by atoms with van der Waals surface area (Å²) in [6.45, 7) is 4.78. The van der Waals surface area contributed by atoms with Crippen molar-refractivity contribution < 1.29 is 18.3 Å². The standard InChI is InChI=1S/C19H20F2O2S/c1-3-5-6-11-23-15-10-8-13-12-7-9-14(22-4-2)16(20)18(12)24-19(13)17(15)21/h7-10H,3-6,11H2,1-2H3. The molecule has 0 aliphatic rings. The Bertz CT molecular complexity index is 858. The maximum Gasteiger partial charge on any atom is 0.182 e. The fourth-order valence-corrected chi connectivity index (χ4v) is 3.87. The molecule has 0 bridgehead atoms. The first-order valence-corrected chi connectivity index (χ1v) is 9.07. The van der Waals surface area contributed by atoms with Crippen molar-refractivity contribution >= 4 is 31.5 Å². The van der Waals surface area contributed by atoms with E-state index in [0.29, 0.717) is 33.4 Å². The van der Waals surface area contributed by atoms with Gasteiger partial charge in [0, 0.05) is 10.8 Å². The fraction of sp³-hybridized carbons (Fsp3) is 0.368. The zero-order valence-corrected chi connectivity index (χ0v) is 14.6. The molecule has 0 N–H and O–H groups in total. The van der Waals surface area contributed by atoms with Crippen molar-refractivity contribution in [3.05, 3.63) is 35.9 Å². The van der Waals surface area contributed by atoms with Gasteiger partial charge in [0.05, 0.1) is 22.6 Å². The number of benzene rings is 2. The third-order valence-corrected chi connectivity index (χ3v) is 5.13. The van der Waals surface area contributed by atoms with Crippen molar-refractivity contribution in [2.75, 3.05) is 13.2 Å². The lowest BCUT2D eigenvalue weighted by Gasteiger charge is -2.07. The quantitative estimate of drug-likeness (QED) is 0.466. The largest absolute Gasteiger partial charge is 0.491 e. The summed E-state index contributed by atoms with van der Waals surface area (Å²) in [5.41, 5.74) is 0. The number of rotatable bonds is 7. The van der Waals surface area contributed by atoms with E-state index in [2.05, 4.69) is 6.92 Å². The van der Waals surface area contributed by atoms with Crippen molar-refractivity contribution in [1.82, 2.24) is 0 Å². The predicted molar refractivity (Wildman–Crippen MR) is 95.4 cm³/mol. The molecule has 3 rings (SSSR count). The van der Waals surface area contributed by atoms with Gasteiger partial charge < -0.3 is 9.47 Å². The molecule has 0 saturated carbocycles. The lowest BCUT2D eigenvalue weighted by atomic mass is 10.1. The lowest BCUT2D eigenvalue weighted by Crippen LogP contribution is -1.98. The number of hydrogen-bond acceptors (Lipinski definition) is 3. The summed E-state index contributed by atoms with van der Waals surface area (Å²) in [6, 6.07) is 6.81. The Morgan fingerprint density at radius 1 is 0.833 bits per heavy atom. The van der Waals surface area contributed by atoms with Crippen LogP contribution in [0.25, 0.3) is 20.2 Å². The van der Waals surface area contributed by atoms with Gasteiger partial charge >= 0.3 is 0 Å². The molecule has 0 spiro atoms. The van der Waals surface area contributed by atoms with E-state index in [1.165, 1.54) is 0 Å². The Kier molecular flexibility index (Phi) is 5.19. The molecular weight excluding hydrogens is 330 g/mol. The molecule has 0 aliphatic carbocycles. The van der Waals surface area contributed by atoms with Gasteiger partial charge in [0.15, 0.2) is 23.1 Å². The van der Waals surface area contributed by atoms with E-state index in [0.717, 1.165) is 30.6 Å². The first-order valence-electron chi connectivity index (χ1n) is 8.26. The van der Waals surface area contributed by atoms with Gasteiger partial charge in [-0.3, -0.25) is 0 Å². The third-order valence-electron chi connectivity index (χ3n) is 3.92. The first kappa shape index (κ1) is 17.0. The molecule has 2 nitrogen and oxygen atoms in total. The van der Waals surface area contributed by atoms with Crippen LogP contribution in [0.15, 0.2) is 24.3 Å². The smallest absolute Gasteiger partial charge is 0.182 e. The average Bonchev–Trinajstić information content (AvgIpc) is 2.96. The Labute approximate surface area is 144 Å². The molecule has 0 amide bonds. The number of hydrogen-bond donors (Lipinski definition) is 0. The number of thiophene rings is 1. The molecule has 0 atom stereocenters. The predicted octanol–water partition coefficient (Wildman–Crippen LogP) is 6.30. The van der Waals surface area contributed by atoms with Gasteiger partial charge in [-0.2, -0.15) is 0 Å². The highest BCUT2D eigenvalue weighted by Gasteiger charge is 2.18. The molecule has 1 heterocycles. The van der Waals surface area contributed by atoms with Crippen molar-refractivity contribution in [2.45, 2.75) is 33.1 Å². The van der Waals surface area contributed by atoms with Crippen LogP contribution in [0.1, 0.15) is 33.1 Å². The minimum atomic E-state index is -0.430. The van der Waals surface area contributed by atoms with Gasteiger partial charge in [0.25, 0.3) is 0 Å². The molecule has 3 aromatic rings. The molecule has 1 aromatic heterocycles. The maximum absolute atomic E-state index is 14.7. The number of fused-ring (bicyclic) bond motifs is 3. The lowest BCUT2D eigenvalue weighted by molar-refractivity contribution is 0.293. The van der Waals surface area contributed by atoms with E-state index < -0.39 is 11.6 Å². The molecule has 0 fully saturated rings. The monoisotopic (exact) mass is 350 g/mol. The third kappa shape index (κ3) is 3.05. The zero-order valence-electron chi connectivity index (χ0n) is 13.8. The summed E-state index contributed by atoms with van der Waals surface area (Å²) in [5.74, 6) is -0.411. The maximum atomic E-state index is 14.7. The van der Waals surface area contributed by atoms with Gasteiger partial charge in [-0.1, -0.05) is 19.8 Å². The fourth-order valence-electron chi connectivity index (χ4n) is 2.71. The van der Waals surface area contributed by atoms with Gasteiger partial charge in [-0.25, -0.2) is 8.78 Å². The molecule has 0 unspecified atom stereocenters. The van der Waals surface area contributed by atoms with E-state index in [1.54, 1.807) is 31.2 Å². The van der Waals surface area contributed by atoms with E-state index in [-0.39, 0.29) is 11.5 Å². The minimum absolute atomic E-state index is 0.202. The van der Waals surface area contributed by atoms with Crippen LogP contribution in [0.5, 0.6) is 11.5 Å². The molecule has 0 aliphatic heterocycles. The van der Waals surface area contributed by atoms with Crippen LogP contribution in [0.2, 0.25) is 0 Å². The van der Waals surface area contributed by atoms with Crippen molar-refractivity contribution in [2.24, 2.45) is 0 Å². The van der Waals surface area contributed by atoms with Crippen LogP contribution in [0.4, 0.5) is 8.78 Å². The van der Waals surface area contributed by atoms with Crippen LogP contribution in [0.3, 0.4) is 0 Å². The van der Waals surface area contributed by atoms with Gasteiger partial charge in [0.2, 0.25) is 0 Å². The van der Waals surface area contributed by atoms with E-state index in [1.807, 2.05) is 0 Å². The number of halogens is 2. The second-order valence-electron chi connectivity index (χ2n) is 5.60. The van der Waals surface area contributed by atoms with Crippen LogP contribution in [0, 0.1) is 11.6 Å². The van der Waals surface area contributed by atoms with Crippen LogP contribution < -0.4 is 9.47 Å². The summed E-state index contributed by atoms with van der Waals surface area (Å²) in [4.78, 5) is 0. The van der Waals surface area contributed by atoms with Crippen molar-refractivity contribution in [1.29, 1.82) is 0 Å². The summed E-state index contributed by atoms with van der Waals surface area (Å²) in [5, 5.41) is 1.41. The highest BCUT2D eigenvalue weighted by atomic mass is 32.1. The molecule has 2 aromatic carbocycles. The Morgan fingerprint density at radius 3 is 1.96 bits per heavy atom. The molecule has 128 valence electrons. The summed E-state index contributed by atoms with van der Waals surface area (Å²) < 4.78 is 40.9. The van der Waals surface area contributed by atoms with Gasteiger partial charge in [0.1, 0.15) is 0 Å². The highest BCUT2D eigenvalue weighted by Crippen LogP contribution is 2.41. The van der Waals surface area contributed by atoms with Crippen LogP contribution in [-0.4, -0.2) is 13.2 Å². The van der Waals surface area contributed by atoms with Gasteiger partial charge in [-0.15, -0.1) is 11.3 Å². The minimum Gasteiger partial charge on any atom is -0.491 e. The Balaban J connectivity index is 2.01. The molecule has 0 saturated heterocycles. The van der Waals surface area contributed by atoms with E-state index in [4.69, 9.17) is 9.47 Å².